The van der Waals surface area contributed by atoms with Crippen molar-refractivity contribution in [3.05, 3.63) is 102 Å². The zero-order valence-corrected chi connectivity index (χ0v) is 22.1. The minimum absolute atomic E-state index is 0.0550. The topological polar surface area (TPSA) is 55.5 Å². The lowest BCUT2D eigenvalue weighted by atomic mass is 9.96. The van der Waals surface area contributed by atoms with E-state index < -0.39 is 0 Å². The molecule has 190 valence electrons. The smallest absolute Gasteiger partial charge is 0.174 e. The summed E-state index contributed by atoms with van der Waals surface area (Å²) in [5.41, 5.74) is 5.60. The van der Waals surface area contributed by atoms with Crippen molar-refractivity contribution >= 4 is 23.0 Å². The van der Waals surface area contributed by atoms with E-state index >= 15 is 0 Å². The molecule has 1 aromatic carbocycles. The number of furan rings is 1. The van der Waals surface area contributed by atoms with Gasteiger partial charge in [0.15, 0.2) is 5.11 Å². The van der Waals surface area contributed by atoms with E-state index in [0.29, 0.717) is 17.8 Å². The van der Waals surface area contributed by atoms with Gasteiger partial charge in [0.1, 0.15) is 11.5 Å². The average Bonchev–Trinajstić information content (AvgIpc) is 3.72. The number of hydrogen-bond donors (Lipinski definition) is 1. The maximum absolute atomic E-state index is 6.22. The van der Waals surface area contributed by atoms with E-state index in [1.54, 1.807) is 6.26 Å². The number of hydrogen-bond acceptors (Lipinski definition) is 4. The monoisotopic (exact) mass is 512 g/mol. The molecule has 1 saturated heterocycles. The van der Waals surface area contributed by atoms with Crippen molar-refractivity contribution in [2.75, 3.05) is 4.90 Å². The number of ether oxygens (including phenoxy) is 1. The van der Waals surface area contributed by atoms with Crippen molar-refractivity contribution < 1.29 is 9.15 Å². The summed E-state index contributed by atoms with van der Waals surface area (Å²) in [5, 5.41) is 4.27. The Hall–Kier alpha value is -3.58. The van der Waals surface area contributed by atoms with Gasteiger partial charge in [0.2, 0.25) is 0 Å². The molecule has 2 fully saturated rings. The second-order valence-corrected chi connectivity index (χ2v) is 10.4. The van der Waals surface area contributed by atoms with Crippen molar-refractivity contribution in [2.45, 2.75) is 64.3 Å². The maximum Gasteiger partial charge on any atom is 0.174 e. The zero-order valence-electron chi connectivity index (χ0n) is 21.3. The molecule has 7 heteroatoms. The van der Waals surface area contributed by atoms with Crippen LogP contribution in [0.2, 0.25) is 0 Å². The van der Waals surface area contributed by atoms with Crippen LogP contribution in [0, 0.1) is 13.8 Å². The Morgan fingerprint density at radius 2 is 1.86 bits per heavy atom. The van der Waals surface area contributed by atoms with Crippen molar-refractivity contribution in [1.29, 1.82) is 0 Å². The van der Waals surface area contributed by atoms with Gasteiger partial charge >= 0.3 is 0 Å². The molecule has 0 spiro atoms. The van der Waals surface area contributed by atoms with E-state index in [1.807, 2.05) is 30.5 Å². The van der Waals surface area contributed by atoms with Gasteiger partial charge in [-0.2, -0.15) is 0 Å². The fourth-order valence-corrected chi connectivity index (χ4v) is 6.11. The van der Waals surface area contributed by atoms with Crippen LogP contribution in [0.1, 0.15) is 66.2 Å². The lowest BCUT2D eigenvalue weighted by Gasteiger charge is -2.28. The van der Waals surface area contributed by atoms with Crippen molar-refractivity contribution in [3.8, 4) is 5.75 Å². The van der Waals surface area contributed by atoms with E-state index in [0.717, 1.165) is 35.7 Å². The third-order valence-corrected chi connectivity index (χ3v) is 7.96. The fraction of sp³-hybridized carbons (Fsp3) is 0.333. The van der Waals surface area contributed by atoms with E-state index in [1.165, 1.54) is 29.8 Å². The molecule has 1 N–H and O–H groups in total. The second-order valence-electron chi connectivity index (χ2n) is 10.0. The predicted octanol–water partition coefficient (Wildman–Crippen LogP) is 6.64. The lowest BCUT2D eigenvalue weighted by molar-refractivity contribution is 0.210. The van der Waals surface area contributed by atoms with Crippen molar-refractivity contribution in [3.63, 3.8) is 0 Å². The van der Waals surface area contributed by atoms with E-state index in [-0.39, 0.29) is 12.1 Å². The standard InChI is InChI=1S/C30H32N4O2S/c1-20-18-26(21(2)33(20)19-25-10-7-17-35-25)29-28(27-11-5-6-16-31-27)32-30(37)34(29)22-12-14-24(15-13-22)36-23-8-3-4-9-23/h5-7,10-18,23,28-29H,3-4,8-9,19H2,1-2H3,(H,32,37)/t28-,29-/m0/s1. The fourth-order valence-electron chi connectivity index (χ4n) is 5.76. The summed E-state index contributed by atoms with van der Waals surface area (Å²) in [6, 6.07) is 20.5. The highest BCUT2D eigenvalue weighted by Crippen LogP contribution is 2.43. The molecule has 0 amide bonds. The van der Waals surface area contributed by atoms with Crippen molar-refractivity contribution in [2.24, 2.45) is 0 Å². The largest absolute Gasteiger partial charge is 0.490 e. The summed E-state index contributed by atoms with van der Waals surface area (Å²) in [4.78, 5) is 6.93. The third kappa shape index (κ3) is 4.64. The zero-order chi connectivity index (χ0) is 25.4. The van der Waals surface area contributed by atoms with Gasteiger partial charge in [-0.15, -0.1) is 0 Å². The molecular formula is C30H32N4O2S. The van der Waals surface area contributed by atoms with Gasteiger partial charge in [0, 0.05) is 23.3 Å². The number of nitrogens with zero attached hydrogens (tertiary/aromatic N) is 3. The van der Waals surface area contributed by atoms with Crippen LogP contribution in [-0.4, -0.2) is 20.8 Å². The summed E-state index contributed by atoms with van der Waals surface area (Å²) in [5.74, 6) is 1.85. The van der Waals surface area contributed by atoms with E-state index in [4.69, 9.17) is 26.4 Å². The first-order valence-corrected chi connectivity index (χ1v) is 13.5. The lowest BCUT2D eigenvalue weighted by Crippen LogP contribution is -2.29. The second kappa shape index (κ2) is 10.1. The first-order valence-electron chi connectivity index (χ1n) is 13.0. The molecule has 1 aliphatic heterocycles. The molecule has 0 unspecified atom stereocenters. The number of nitrogens with one attached hydrogen (secondary N) is 1. The Labute approximate surface area is 223 Å². The molecule has 2 aliphatic rings. The predicted molar refractivity (Wildman–Crippen MR) is 149 cm³/mol. The van der Waals surface area contributed by atoms with Crippen molar-refractivity contribution in [1.82, 2.24) is 14.9 Å². The summed E-state index contributed by atoms with van der Waals surface area (Å²) in [6.45, 7) is 5.02. The summed E-state index contributed by atoms with van der Waals surface area (Å²) in [6.07, 6.45) is 8.70. The van der Waals surface area contributed by atoms with Crippen LogP contribution >= 0.6 is 12.2 Å². The van der Waals surface area contributed by atoms with Crippen LogP contribution in [0.4, 0.5) is 5.69 Å². The average molecular weight is 513 g/mol. The van der Waals surface area contributed by atoms with Gasteiger partial charge in [0.25, 0.3) is 0 Å². The Morgan fingerprint density at radius 1 is 1.05 bits per heavy atom. The molecule has 4 heterocycles. The molecule has 6 rings (SSSR count). The molecule has 4 aromatic rings. The van der Waals surface area contributed by atoms with Crippen LogP contribution in [0.5, 0.6) is 5.75 Å². The normalized spacial score (nSPS) is 19.9. The van der Waals surface area contributed by atoms with Gasteiger partial charge in [-0.3, -0.25) is 4.98 Å². The maximum atomic E-state index is 6.22. The highest BCUT2D eigenvalue weighted by Gasteiger charge is 2.42. The number of aromatic nitrogens is 2. The Balaban J connectivity index is 1.37. The summed E-state index contributed by atoms with van der Waals surface area (Å²) < 4.78 is 14.2. The van der Waals surface area contributed by atoms with Crippen LogP contribution in [0.25, 0.3) is 0 Å². The molecule has 3 aromatic heterocycles. The van der Waals surface area contributed by atoms with Crippen LogP contribution in [0.3, 0.4) is 0 Å². The van der Waals surface area contributed by atoms with Gasteiger partial charge in [0.05, 0.1) is 36.7 Å². The van der Waals surface area contributed by atoms with Gasteiger partial charge < -0.3 is 23.9 Å². The molecule has 37 heavy (non-hydrogen) atoms. The Morgan fingerprint density at radius 3 is 2.57 bits per heavy atom. The Kier molecular flexibility index (Phi) is 6.47. The highest BCUT2D eigenvalue weighted by molar-refractivity contribution is 7.80. The number of aryl methyl sites for hydroxylation is 1. The minimum Gasteiger partial charge on any atom is -0.490 e. The quantitative estimate of drug-likeness (QED) is 0.280. The highest BCUT2D eigenvalue weighted by atomic mass is 32.1. The van der Waals surface area contributed by atoms with Crippen LogP contribution < -0.4 is 15.0 Å². The SMILES string of the molecule is Cc1cc([C@H]2[C@H](c3ccccn3)NC(=S)N2c2ccc(OC3CCCC3)cc2)c(C)n1Cc1ccco1. The number of pyridine rings is 1. The minimum atomic E-state index is -0.0827. The van der Waals surface area contributed by atoms with Gasteiger partial charge in [-0.25, -0.2) is 0 Å². The number of anilines is 1. The number of benzene rings is 1. The van der Waals surface area contributed by atoms with E-state index in [2.05, 4.69) is 65.0 Å². The number of rotatable bonds is 7. The first-order chi connectivity index (χ1) is 18.1. The molecule has 2 atom stereocenters. The molecule has 1 saturated carbocycles. The third-order valence-electron chi connectivity index (χ3n) is 7.64. The molecule has 0 bridgehead atoms. The molecule has 1 aliphatic carbocycles. The first kappa shape index (κ1) is 23.8. The molecule has 6 nitrogen and oxygen atoms in total. The molecule has 0 radical (unpaired) electrons. The van der Waals surface area contributed by atoms with Gasteiger partial charge in [-0.05, 0) is 112 Å². The van der Waals surface area contributed by atoms with Gasteiger partial charge in [-0.1, -0.05) is 6.07 Å². The van der Waals surface area contributed by atoms with Crippen LogP contribution in [0.15, 0.2) is 77.5 Å². The molecular weight excluding hydrogens is 480 g/mol. The number of thiocarbonyl (C=S) groups is 1. The summed E-state index contributed by atoms with van der Waals surface area (Å²) >= 11 is 5.94. The Bertz CT molecular complexity index is 1360. The summed E-state index contributed by atoms with van der Waals surface area (Å²) in [7, 11) is 0. The van der Waals surface area contributed by atoms with E-state index in [9.17, 15) is 0 Å². The van der Waals surface area contributed by atoms with Crippen LogP contribution in [-0.2, 0) is 6.54 Å².